The smallest absolute Gasteiger partial charge is 0.155 e. The molecule has 1 heterocycles. The normalized spacial score (nSPS) is 17.1. The lowest BCUT2D eigenvalue weighted by Crippen LogP contribution is -2.52. The van der Waals surface area contributed by atoms with Crippen molar-refractivity contribution in [2.24, 2.45) is 0 Å². The average Bonchev–Trinajstić information content (AvgIpc) is 2.13. The molecule has 0 saturated carbocycles. The number of hydrogen-bond donors (Lipinski definition) is 1. The molecule has 0 aromatic heterocycles. The molecular weight excluding hydrogens is 246 g/mol. The molecule has 5 heteroatoms. The third kappa shape index (κ3) is 2.56. The summed E-state index contributed by atoms with van der Waals surface area (Å²) in [4.78, 5) is 0. The number of halogens is 1. The largest absolute Gasteiger partial charge is 0.314 e. The highest BCUT2D eigenvalue weighted by Crippen LogP contribution is 2.17. The van der Waals surface area contributed by atoms with Gasteiger partial charge in [-0.3, -0.25) is 0 Å². The van der Waals surface area contributed by atoms with Gasteiger partial charge >= 0.3 is 0 Å². The number of rotatable bonds is 4. The quantitative estimate of drug-likeness (QED) is 0.886. The Morgan fingerprint density at radius 3 is 2.56 bits per heavy atom. The van der Waals surface area contributed by atoms with Crippen LogP contribution in [-0.4, -0.2) is 32.5 Å². The van der Waals surface area contributed by atoms with Gasteiger partial charge in [0.2, 0.25) is 0 Å². The van der Waals surface area contributed by atoms with Crippen LogP contribution < -0.4 is 5.32 Å². The van der Waals surface area contributed by atoms with Gasteiger partial charge in [0.15, 0.2) is 9.84 Å². The molecule has 1 saturated heterocycles. The van der Waals surface area contributed by atoms with Gasteiger partial charge in [0.25, 0.3) is 0 Å². The van der Waals surface area contributed by atoms with Crippen molar-refractivity contribution < 1.29 is 8.42 Å². The van der Waals surface area contributed by atoms with Gasteiger partial charge in [-0.2, -0.15) is 0 Å². The Hall–Kier alpha value is -0.580. The van der Waals surface area contributed by atoms with E-state index in [-0.39, 0.29) is 11.0 Å². The summed E-state index contributed by atoms with van der Waals surface area (Å²) in [5.74, 6) is 0.184. The van der Waals surface area contributed by atoms with Gasteiger partial charge in [0.1, 0.15) is 0 Å². The molecule has 0 unspecified atom stereocenters. The molecule has 88 valence electrons. The molecule has 1 aromatic rings. The molecule has 16 heavy (non-hydrogen) atoms. The minimum absolute atomic E-state index is 0.184. The Bertz CT molecular complexity index is 469. The fraction of sp³-hybridized carbons (Fsp3) is 0.455. The molecule has 1 aromatic carbocycles. The minimum Gasteiger partial charge on any atom is -0.314 e. The Morgan fingerprint density at radius 2 is 2.00 bits per heavy atom. The van der Waals surface area contributed by atoms with Crippen molar-refractivity contribution in [3.63, 3.8) is 0 Å². The molecule has 1 fully saturated rings. The molecule has 0 spiro atoms. The van der Waals surface area contributed by atoms with Crippen molar-refractivity contribution in [1.82, 2.24) is 5.32 Å². The second kappa shape index (κ2) is 4.73. The summed E-state index contributed by atoms with van der Waals surface area (Å²) >= 11 is 5.97. The van der Waals surface area contributed by atoms with Gasteiger partial charge in [-0.25, -0.2) is 8.42 Å². The van der Waals surface area contributed by atoms with Crippen LogP contribution in [0.5, 0.6) is 0 Å². The lowest BCUT2D eigenvalue weighted by molar-refractivity contribution is 0.495. The molecule has 1 aliphatic rings. The second-order valence-corrected chi connectivity index (χ2v) is 6.80. The Morgan fingerprint density at radius 1 is 1.31 bits per heavy atom. The molecule has 0 amide bonds. The monoisotopic (exact) mass is 259 g/mol. The van der Waals surface area contributed by atoms with Crippen LogP contribution in [0.2, 0.25) is 5.02 Å². The Balaban J connectivity index is 1.99. The number of nitrogens with one attached hydrogen (secondary N) is 1. The first-order valence-corrected chi connectivity index (χ1v) is 7.34. The van der Waals surface area contributed by atoms with E-state index in [0.29, 0.717) is 24.5 Å². The molecule has 0 bridgehead atoms. The lowest BCUT2D eigenvalue weighted by Gasteiger charge is -2.26. The molecule has 0 radical (unpaired) electrons. The summed E-state index contributed by atoms with van der Waals surface area (Å²) in [6.45, 7) is 1.18. The molecule has 0 aliphatic carbocycles. The fourth-order valence-corrected chi connectivity index (χ4v) is 3.45. The molecule has 3 nitrogen and oxygen atoms in total. The van der Waals surface area contributed by atoms with Gasteiger partial charge in [0.05, 0.1) is 11.0 Å². The van der Waals surface area contributed by atoms with Crippen molar-refractivity contribution in [3.8, 4) is 0 Å². The number of hydrogen-bond acceptors (Lipinski definition) is 3. The molecule has 1 N–H and O–H groups in total. The third-order valence-electron chi connectivity index (χ3n) is 2.87. The summed E-state index contributed by atoms with van der Waals surface area (Å²) in [5.41, 5.74) is 0.903. The molecular formula is C11H14ClNO2S. The van der Waals surface area contributed by atoms with Gasteiger partial charge in [-0.05, 0) is 18.1 Å². The topological polar surface area (TPSA) is 46.2 Å². The van der Waals surface area contributed by atoms with E-state index in [2.05, 4.69) is 5.32 Å². The Labute approximate surface area is 101 Å². The highest BCUT2D eigenvalue weighted by molar-refractivity contribution is 7.92. The van der Waals surface area contributed by atoms with E-state index in [1.165, 1.54) is 0 Å². The van der Waals surface area contributed by atoms with Crippen LogP contribution in [0.3, 0.4) is 0 Å². The van der Waals surface area contributed by atoms with Gasteiger partial charge in [0, 0.05) is 18.1 Å². The van der Waals surface area contributed by atoms with Crippen LogP contribution in [0.1, 0.15) is 5.56 Å². The van der Waals surface area contributed by atoms with Crippen molar-refractivity contribution in [3.05, 3.63) is 34.9 Å². The van der Waals surface area contributed by atoms with Crippen LogP contribution in [0.25, 0.3) is 0 Å². The zero-order chi connectivity index (χ0) is 11.6. The SMILES string of the molecule is O=S(=O)(CCc1ccccc1Cl)C1CNC1. The van der Waals surface area contributed by atoms with E-state index >= 15 is 0 Å². The summed E-state index contributed by atoms with van der Waals surface area (Å²) in [5, 5.41) is 3.42. The second-order valence-electron chi connectivity index (χ2n) is 3.99. The van der Waals surface area contributed by atoms with Crippen LogP contribution in [0, 0.1) is 0 Å². The summed E-state index contributed by atoms with van der Waals surface area (Å²) in [6, 6.07) is 7.38. The highest BCUT2D eigenvalue weighted by atomic mass is 35.5. The lowest BCUT2D eigenvalue weighted by atomic mass is 10.2. The third-order valence-corrected chi connectivity index (χ3v) is 5.36. The summed E-state index contributed by atoms with van der Waals surface area (Å²) in [6.07, 6.45) is 0.499. The first-order chi connectivity index (χ1) is 7.59. The van der Waals surface area contributed by atoms with Crippen LogP contribution in [0.15, 0.2) is 24.3 Å². The minimum atomic E-state index is -2.96. The average molecular weight is 260 g/mol. The number of benzene rings is 1. The number of sulfone groups is 1. The van der Waals surface area contributed by atoms with Gasteiger partial charge in [-0.1, -0.05) is 29.8 Å². The van der Waals surface area contributed by atoms with Crippen LogP contribution >= 0.6 is 11.6 Å². The summed E-state index contributed by atoms with van der Waals surface area (Å²) < 4.78 is 23.6. The number of aryl methyl sites for hydroxylation is 1. The fourth-order valence-electron chi connectivity index (χ4n) is 1.64. The van der Waals surface area contributed by atoms with Gasteiger partial charge < -0.3 is 5.32 Å². The van der Waals surface area contributed by atoms with E-state index in [4.69, 9.17) is 11.6 Å². The van der Waals surface area contributed by atoms with E-state index < -0.39 is 9.84 Å². The first kappa shape index (κ1) is 11.9. The zero-order valence-electron chi connectivity index (χ0n) is 8.82. The zero-order valence-corrected chi connectivity index (χ0v) is 10.4. The van der Waals surface area contributed by atoms with Crippen LogP contribution in [-0.2, 0) is 16.3 Å². The van der Waals surface area contributed by atoms with Crippen molar-refractivity contribution in [2.75, 3.05) is 18.8 Å². The molecule has 1 aliphatic heterocycles. The standard InChI is InChI=1S/C11H14ClNO2S/c12-11-4-2-1-3-9(11)5-6-16(14,15)10-7-13-8-10/h1-4,10,13H,5-8H2. The van der Waals surface area contributed by atoms with E-state index in [9.17, 15) is 8.42 Å². The Kier molecular flexibility index (Phi) is 3.52. The van der Waals surface area contributed by atoms with Gasteiger partial charge in [-0.15, -0.1) is 0 Å². The van der Waals surface area contributed by atoms with Crippen molar-refractivity contribution >= 4 is 21.4 Å². The first-order valence-electron chi connectivity index (χ1n) is 5.25. The predicted molar refractivity (Wildman–Crippen MR) is 65.6 cm³/mol. The maximum absolute atomic E-state index is 11.8. The van der Waals surface area contributed by atoms with E-state index in [0.717, 1.165) is 5.56 Å². The van der Waals surface area contributed by atoms with Crippen LogP contribution in [0.4, 0.5) is 0 Å². The van der Waals surface area contributed by atoms with Crippen molar-refractivity contribution in [1.29, 1.82) is 0 Å². The maximum atomic E-state index is 11.8. The molecule has 0 atom stereocenters. The van der Waals surface area contributed by atoms with E-state index in [1.807, 2.05) is 18.2 Å². The highest BCUT2D eigenvalue weighted by Gasteiger charge is 2.30. The molecule has 2 rings (SSSR count). The van der Waals surface area contributed by atoms with Crippen molar-refractivity contribution in [2.45, 2.75) is 11.7 Å². The maximum Gasteiger partial charge on any atom is 0.155 e. The predicted octanol–water partition coefficient (Wildman–Crippen LogP) is 1.27. The summed E-state index contributed by atoms with van der Waals surface area (Å²) in [7, 11) is -2.96. The van der Waals surface area contributed by atoms with E-state index in [1.54, 1.807) is 6.07 Å².